The van der Waals surface area contributed by atoms with Gasteiger partial charge in [0.25, 0.3) is 0 Å². The summed E-state index contributed by atoms with van der Waals surface area (Å²) in [4.78, 5) is 0. The molecule has 1 aromatic carbocycles. The van der Waals surface area contributed by atoms with Crippen molar-refractivity contribution in [3.63, 3.8) is 0 Å². The van der Waals surface area contributed by atoms with Crippen molar-refractivity contribution in [3.8, 4) is 0 Å². The maximum Gasteiger partial charge on any atom is 0.0645 e. The summed E-state index contributed by atoms with van der Waals surface area (Å²) in [5.74, 6) is 0. The summed E-state index contributed by atoms with van der Waals surface area (Å²) in [5.41, 5.74) is 2.60. The van der Waals surface area contributed by atoms with Gasteiger partial charge in [-0.1, -0.05) is 12.1 Å². The Morgan fingerprint density at radius 2 is 2.10 bits per heavy atom. The SMILES string of the molecule is CCOCCn1ccc2c(CNCCOC)cccc21. The third kappa shape index (κ3) is 3.82. The Labute approximate surface area is 120 Å². The van der Waals surface area contributed by atoms with Gasteiger partial charge in [-0.15, -0.1) is 0 Å². The fourth-order valence-corrected chi connectivity index (χ4v) is 2.34. The van der Waals surface area contributed by atoms with Crippen molar-refractivity contribution in [2.75, 3.05) is 33.5 Å². The molecule has 0 saturated carbocycles. The molecule has 2 aromatic rings. The van der Waals surface area contributed by atoms with Gasteiger partial charge in [0.15, 0.2) is 0 Å². The summed E-state index contributed by atoms with van der Waals surface area (Å²) in [7, 11) is 1.72. The second-order valence-corrected chi connectivity index (χ2v) is 4.73. The molecule has 20 heavy (non-hydrogen) atoms. The van der Waals surface area contributed by atoms with E-state index in [4.69, 9.17) is 9.47 Å². The van der Waals surface area contributed by atoms with Crippen molar-refractivity contribution in [1.82, 2.24) is 9.88 Å². The number of ether oxygens (including phenoxy) is 2. The van der Waals surface area contributed by atoms with Crippen molar-refractivity contribution in [2.24, 2.45) is 0 Å². The summed E-state index contributed by atoms with van der Waals surface area (Å²) in [6, 6.07) is 8.65. The van der Waals surface area contributed by atoms with E-state index in [1.54, 1.807) is 7.11 Å². The zero-order chi connectivity index (χ0) is 14.2. The normalized spacial score (nSPS) is 11.3. The fraction of sp³-hybridized carbons (Fsp3) is 0.500. The highest BCUT2D eigenvalue weighted by Gasteiger charge is 2.05. The lowest BCUT2D eigenvalue weighted by molar-refractivity contribution is 0.140. The molecule has 0 aliphatic carbocycles. The molecular weight excluding hydrogens is 252 g/mol. The first-order chi connectivity index (χ1) is 9.86. The van der Waals surface area contributed by atoms with Crippen LogP contribution >= 0.6 is 0 Å². The van der Waals surface area contributed by atoms with Crippen LogP contribution in [-0.4, -0.2) is 38.0 Å². The van der Waals surface area contributed by atoms with Crippen molar-refractivity contribution in [2.45, 2.75) is 20.0 Å². The lowest BCUT2D eigenvalue weighted by Gasteiger charge is -2.08. The van der Waals surface area contributed by atoms with E-state index in [1.807, 2.05) is 6.92 Å². The molecule has 0 bridgehead atoms. The van der Waals surface area contributed by atoms with Crippen molar-refractivity contribution in [3.05, 3.63) is 36.0 Å². The van der Waals surface area contributed by atoms with Gasteiger partial charge in [0, 0.05) is 50.5 Å². The van der Waals surface area contributed by atoms with Gasteiger partial charge in [0.2, 0.25) is 0 Å². The van der Waals surface area contributed by atoms with Crippen LogP contribution in [0.25, 0.3) is 10.9 Å². The molecule has 0 fully saturated rings. The Hall–Kier alpha value is -1.36. The van der Waals surface area contributed by atoms with E-state index >= 15 is 0 Å². The minimum Gasteiger partial charge on any atom is -0.383 e. The van der Waals surface area contributed by atoms with E-state index in [0.29, 0.717) is 0 Å². The zero-order valence-electron chi connectivity index (χ0n) is 12.4. The van der Waals surface area contributed by atoms with E-state index in [-0.39, 0.29) is 0 Å². The first-order valence-electron chi connectivity index (χ1n) is 7.21. The molecule has 1 aromatic heterocycles. The monoisotopic (exact) mass is 276 g/mol. The molecule has 0 unspecified atom stereocenters. The molecule has 110 valence electrons. The van der Waals surface area contributed by atoms with E-state index in [9.17, 15) is 0 Å². The lowest BCUT2D eigenvalue weighted by atomic mass is 10.1. The third-order valence-electron chi connectivity index (χ3n) is 3.38. The van der Waals surface area contributed by atoms with Gasteiger partial charge in [0.1, 0.15) is 0 Å². The van der Waals surface area contributed by atoms with Crippen molar-refractivity contribution < 1.29 is 9.47 Å². The second kappa shape index (κ2) is 8.04. The Balaban J connectivity index is 2.04. The number of fused-ring (bicyclic) bond motifs is 1. The van der Waals surface area contributed by atoms with Crippen LogP contribution in [0, 0.1) is 0 Å². The van der Waals surface area contributed by atoms with Crippen LogP contribution in [-0.2, 0) is 22.6 Å². The molecule has 0 spiro atoms. The van der Waals surface area contributed by atoms with Crippen LogP contribution in [0.2, 0.25) is 0 Å². The summed E-state index contributed by atoms with van der Waals surface area (Å²) in [6.45, 7) is 6.94. The molecule has 4 nitrogen and oxygen atoms in total. The van der Waals surface area contributed by atoms with E-state index in [0.717, 1.165) is 39.5 Å². The largest absolute Gasteiger partial charge is 0.383 e. The van der Waals surface area contributed by atoms with Crippen LogP contribution in [0.5, 0.6) is 0 Å². The van der Waals surface area contributed by atoms with Gasteiger partial charge in [0.05, 0.1) is 13.2 Å². The Morgan fingerprint density at radius 3 is 2.90 bits per heavy atom. The van der Waals surface area contributed by atoms with E-state index in [2.05, 4.69) is 40.3 Å². The molecule has 0 aliphatic rings. The Morgan fingerprint density at radius 1 is 1.20 bits per heavy atom. The molecule has 0 amide bonds. The average Bonchev–Trinajstić information content (AvgIpc) is 2.88. The smallest absolute Gasteiger partial charge is 0.0645 e. The summed E-state index contributed by atoms with van der Waals surface area (Å²) >= 11 is 0. The first kappa shape index (κ1) is 15.0. The first-order valence-corrected chi connectivity index (χ1v) is 7.21. The summed E-state index contributed by atoms with van der Waals surface area (Å²) in [6.07, 6.45) is 2.14. The van der Waals surface area contributed by atoms with Crippen molar-refractivity contribution in [1.29, 1.82) is 0 Å². The topological polar surface area (TPSA) is 35.4 Å². The van der Waals surface area contributed by atoms with Crippen LogP contribution in [0.15, 0.2) is 30.5 Å². The average molecular weight is 276 g/mol. The number of aromatic nitrogens is 1. The number of hydrogen-bond donors (Lipinski definition) is 1. The molecule has 0 atom stereocenters. The second-order valence-electron chi connectivity index (χ2n) is 4.73. The number of methoxy groups -OCH3 is 1. The Bertz CT molecular complexity index is 522. The van der Waals surface area contributed by atoms with Crippen LogP contribution in [0.4, 0.5) is 0 Å². The zero-order valence-corrected chi connectivity index (χ0v) is 12.4. The molecule has 0 aliphatic heterocycles. The maximum absolute atomic E-state index is 5.43. The standard InChI is InChI=1S/C16H24N2O2/c1-3-20-12-10-18-9-7-15-14(5-4-6-16(15)18)13-17-8-11-19-2/h4-7,9,17H,3,8,10-13H2,1-2H3. The van der Waals surface area contributed by atoms with Gasteiger partial charge >= 0.3 is 0 Å². The van der Waals surface area contributed by atoms with Crippen LogP contribution < -0.4 is 5.32 Å². The molecule has 1 heterocycles. The van der Waals surface area contributed by atoms with Gasteiger partial charge < -0.3 is 19.4 Å². The van der Waals surface area contributed by atoms with Gasteiger partial charge in [-0.2, -0.15) is 0 Å². The predicted molar refractivity (Wildman–Crippen MR) is 82.0 cm³/mol. The van der Waals surface area contributed by atoms with Crippen LogP contribution in [0.1, 0.15) is 12.5 Å². The third-order valence-corrected chi connectivity index (χ3v) is 3.38. The fourth-order valence-electron chi connectivity index (χ4n) is 2.34. The highest BCUT2D eigenvalue weighted by atomic mass is 16.5. The molecule has 0 radical (unpaired) electrons. The molecule has 0 saturated heterocycles. The highest BCUT2D eigenvalue weighted by Crippen LogP contribution is 2.20. The molecular formula is C16H24N2O2. The quantitative estimate of drug-likeness (QED) is 0.714. The lowest BCUT2D eigenvalue weighted by Crippen LogP contribution is -2.18. The Kier molecular flexibility index (Phi) is 6.05. The summed E-state index contributed by atoms with van der Waals surface area (Å²) < 4.78 is 12.7. The highest BCUT2D eigenvalue weighted by molar-refractivity contribution is 5.83. The summed E-state index contributed by atoms with van der Waals surface area (Å²) in [5, 5.41) is 4.71. The van der Waals surface area contributed by atoms with E-state index < -0.39 is 0 Å². The molecule has 1 N–H and O–H groups in total. The van der Waals surface area contributed by atoms with E-state index in [1.165, 1.54) is 16.5 Å². The number of nitrogens with one attached hydrogen (secondary N) is 1. The predicted octanol–water partition coefficient (Wildman–Crippen LogP) is 2.41. The van der Waals surface area contributed by atoms with Crippen LogP contribution in [0.3, 0.4) is 0 Å². The van der Waals surface area contributed by atoms with Gasteiger partial charge in [-0.3, -0.25) is 0 Å². The number of rotatable bonds is 9. The molecule has 4 heteroatoms. The number of benzene rings is 1. The van der Waals surface area contributed by atoms with Crippen molar-refractivity contribution >= 4 is 10.9 Å². The van der Waals surface area contributed by atoms with Gasteiger partial charge in [-0.05, 0) is 24.6 Å². The number of nitrogens with zero attached hydrogens (tertiary/aromatic N) is 1. The number of hydrogen-bond acceptors (Lipinski definition) is 3. The molecule has 2 rings (SSSR count). The minimum atomic E-state index is 0.741. The maximum atomic E-state index is 5.43. The van der Waals surface area contributed by atoms with Gasteiger partial charge in [-0.25, -0.2) is 0 Å². The minimum absolute atomic E-state index is 0.741.